The van der Waals surface area contributed by atoms with Gasteiger partial charge in [0.25, 0.3) is 0 Å². The van der Waals surface area contributed by atoms with E-state index in [1.165, 1.54) is 12.1 Å². The molecule has 1 aliphatic heterocycles. The molecule has 1 heterocycles. The summed E-state index contributed by atoms with van der Waals surface area (Å²) in [5.41, 5.74) is 0.650. The minimum absolute atomic E-state index is 0.147. The Kier molecular flexibility index (Phi) is 4.75. The van der Waals surface area contributed by atoms with Crippen molar-refractivity contribution in [1.29, 1.82) is 0 Å². The summed E-state index contributed by atoms with van der Waals surface area (Å²) in [5, 5.41) is 3.47. The van der Waals surface area contributed by atoms with E-state index in [9.17, 15) is 8.78 Å². The van der Waals surface area contributed by atoms with E-state index in [2.05, 4.69) is 12.2 Å². The van der Waals surface area contributed by atoms with E-state index < -0.39 is 11.6 Å². The molecule has 1 aromatic rings. The van der Waals surface area contributed by atoms with Crippen molar-refractivity contribution < 1.29 is 8.78 Å². The van der Waals surface area contributed by atoms with Crippen LogP contribution in [0.15, 0.2) is 12.1 Å². The van der Waals surface area contributed by atoms with Crippen molar-refractivity contribution in [1.82, 2.24) is 5.32 Å². The predicted octanol–water partition coefficient (Wildman–Crippen LogP) is 3.24. The molecule has 0 radical (unpaired) electrons. The molecule has 0 unspecified atom stereocenters. The lowest BCUT2D eigenvalue weighted by Gasteiger charge is -2.34. The third kappa shape index (κ3) is 3.24. The van der Waals surface area contributed by atoms with Crippen molar-refractivity contribution in [2.75, 3.05) is 24.5 Å². The van der Waals surface area contributed by atoms with Crippen LogP contribution in [0.5, 0.6) is 0 Å². The van der Waals surface area contributed by atoms with Crippen molar-refractivity contribution in [2.24, 2.45) is 0 Å². The van der Waals surface area contributed by atoms with Crippen molar-refractivity contribution in [3.05, 3.63) is 29.3 Å². The summed E-state index contributed by atoms with van der Waals surface area (Å²) >= 11 is 0. The molecule has 4 heteroatoms. The molecule has 1 saturated heterocycles. The normalized spacial score (nSPS) is 16.9. The Balaban J connectivity index is 2.04. The maximum Gasteiger partial charge on any atom is 0.152 e. The molecule has 2 nitrogen and oxygen atoms in total. The lowest BCUT2D eigenvalue weighted by molar-refractivity contribution is 0.410. The maximum absolute atomic E-state index is 14.0. The Bertz CT molecular complexity index is 426. The molecule has 0 amide bonds. The Morgan fingerprint density at radius 2 is 1.95 bits per heavy atom. The quantitative estimate of drug-likeness (QED) is 0.902. The van der Waals surface area contributed by atoms with Crippen molar-refractivity contribution in [3.63, 3.8) is 0 Å². The largest absolute Gasteiger partial charge is 0.367 e. The van der Waals surface area contributed by atoms with Gasteiger partial charge in [-0.15, -0.1) is 0 Å². The highest BCUT2D eigenvalue weighted by atomic mass is 19.1. The van der Waals surface area contributed by atoms with Gasteiger partial charge in [-0.05, 0) is 44.4 Å². The van der Waals surface area contributed by atoms with Gasteiger partial charge in [0.05, 0.1) is 0 Å². The van der Waals surface area contributed by atoms with Crippen LogP contribution in [0.25, 0.3) is 0 Å². The number of nitrogens with one attached hydrogen (secondary N) is 1. The number of anilines is 1. The van der Waals surface area contributed by atoms with E-state index in [1.54, 1.807) is 6.92 Å². The second-order valence-electron chi connectivity index (χ2n) is 5.24. The van der Waals surface area contributed by atoms with Crippen LogP contribution in [0, 0.1) is 18.6 Å². The number of rotatable bonds is 4. The Hall–Kier alpha value is -1.16. The molecular weight excluding hydrogens is 246 g/mol. The molecule has 1 aromatic carbocycles. The van der Waals surface area contributed by atoms with Crippen LogP contribution in [0.4, 0.5) is 14.5 Å². The number of benzene rings is 1. The Morgan fingerprint density at radius 3 is 2.58 bits per heavy atom. The van der Waals surface area contributed by atoms with E-state index in [0.717, 1.165) is 25.8 Å². The van der Waals surface area contributed by atoms with E-state index in [0.29, 0.717) is 24.7 Å². The van der Waals surface area contributed by atoms with Crippen molar-refractivity contribution >= 4 is 5.69 Å². The van der Waals surface area contributed by atoms with Crippen LogP contribution in [0.2, 0.25) is 0 Å². The zero-order valence-electron chi connectivity index (χ0n) is 11.7. The van der Waals surface area contributed by atoms with Gasteiger partial charge in [-0.1, -0.05) is 13.0 Å². The molecular formula is C15H22F2N2. The highest BCUT2D eigenvalue weighted by Gasteiger charge is 2.23. The average molecular weight is 268 g/mol. The van der Waals surface area contributed by atoms with Gasteiger partial charge < -0.3 is 10.2 Å². The Morgan fingerprint density at radius 1 is 1.26 bits per heavy atom. The predicted molar refractivity (Wildman–Crippen MR) is 74.6 cm³/mol. The second kappa shape index (κ2) is 6.33. The molecule has 1 aliphatic rings. The zero-order chi connectivity index (χ0) is 13.8. The molecule has 0 saturated carbocycles. The fourth-order valence-electron chi connectivity index (χ4n) is 2.59. The van der Waals surface area contributed by atoms with Gasteiger partial charge >= 0.3 is 0 Å². The molecule has 0 aromatic heterocycles. The van der Waals surface area contributed by atoms with Gasteiger partial charge in [0.2, 0.25) is 0 Å². The number of hydrogen-bond acceptors (Lipinski definition) is 2. The van der Waals surface area contributed by atoms with Crippen molar-refractivity contribution in [3.8, 4) is 0 Å². The molecule has 19 heavy (non-hydrogen) atoms. The molecule has 0 bridgehead atoms. The summed E-state index contributed by atoms with van der Waals surface area (Å²) in [4.78, 5) is 1.84. The van der Waals surface area contributed by atoms with Crippen LogP contribution in [0.3, 0.4) is 0 Å². The Labute approximate surface area is 113 Å². The molecule has 0 spiro atoms. The van der Waals surface area contributed by atoms with Crippen LogP contribution in [-0.2, 0) is 0 Å². The van der Waals surface area contributed by atoms with E-state index in [-0.39, 0.29) is 5.69 Å². The summed E-state index contributed by atoms with van der Waals surface area (Å²) in [7, 11) is 0. The van der Waals surface area contributed by atoms with Gasteiger partial charge in [0.15, 0.2) is 5.82 Å². The fraction of sp³-hybridized carbons (Fsp3) is 0.600. The summed E-state index contributed by atoms with van der Waals surface area (Å²) in [5.74, 6) is -0.872. The topological polar surface area (TPSA) is 15.3 Å². The van der Waals surface area contributed by atoms with Crippen LogP contribution in [0.1, 0.15) is 31.7 Å². The summed E-state index contributed by atoms with van der Waals surface area (Å²) in [6.07, 6.45) is 2.99. The van der Waals surface area contributed by atoms with Crippen LogP contribution >= 0.6 is 0 Å². The van der Waals surface area contributed by atoms with Crippen LogP contribution in [-0.4, -0.2) is 25.7 Å². The van der Waals surface area contributed by atoms with Crippen LogP contribution < -0.4 is 10.2 Å². The third-order valence-corrected chi connectivity index (χ3v) is 3.75. The van der Waals surface area contributed by atoms with E-state index in [4.69, 9.17) is 0 Å². The van der Waals surface area contributed by atoms with Gasteiger partial charge in [0, 0.05) is 19.1 Å². The zero-order valence-corrected chi connectivity index (χ0v) is 11.7. The highest BCUT2D eigenvalue weighted by molar-refractivity contribution is 5.52. The summed E-state index contributed by atoms with van der Waals surface area (Å²) in [6.45, 7) is 6.24. The number of aryl methyl sites for hydroxylation is 1. The molecule has 0 aliphatic carbocycles. The second-order valence-corrected chi connectivity index (χ2v) is 5.24. The fourth-order valence-corrected chi connectivity index (χ4v) is 2.59. The molecule has 1 fully saturated rings. The highest BCUT2D eigenvalue weighted by Crippen LogP contribution is 2.28. The number of nitrogens with zero attached hydrogens (tertiary/aromatic N) is 1. The minimum atomic E-state index is -0.455. The maximum atomic E-state index is 14.0. The first-order chi connectivity index (χ1) is 9.13. The first-order valence-electron chi connectivity index (χ1n) is 7.06. The number of halogens is 2. The standard InChI is InChI=1S/C15H22F2N2/c1-3-8-18-12-6-9-19(10-7-12)15-13(16)5-4-11(2)14(15)17/h4-5,12,18H,3,6-10H2,1-2H3. The molecule has 0 atom stereocenters. The van der Waals surface area contributed by atoms with Crippen molar-refractivity contribution in [2.45, 2.75) is 39.2 Å². The van der Waals surface area contributed by atoms with Gasteiger partial charge in [-0.3, -0.25) is 0 Å². The SMILES string of the molecule is CCCNC1CCN(c2c(F)ccc(C)c2F)CC1. The average Bonchev–Trinajstić information content (AvgIpc) is 2.42. The molecule has 2 rings (SSSR count). The molecule has 106 valence electrons. The lowest BCUT2D eigenvalue weighted by atomic mass is 10.0. The third-order valence-electron chi connectivity index (χ3n) is 3.75. The smallest absolute Gasteiger partial charge is 0.152 e. The number of piperidine rings is 1. The molecule has 1 N–H and O–H groups in total. The van der Waals surface area contributed by atoms with E-state index in [1.807, 2.05) is 4.90 Å². The summed E-state index contributed by atoms with van der Waals surface area (Å²) in [6, 6.07) is 3.32. The first kappa shape index (κ1) is 14.3. The minimum Gasteiger partial charge on any atom is -0.367 e. The monoisotopic (exact) mass is 268 g/mol. The van der Waals surface area contributed by atoms with Gasteiger partial charge in [-0.2, -0.15) is 0 Å². The lowest BCUT2D eigenvalue weighted by Crippen LogP contribution is -2.43. The van der Waals surface area contributed by atoms with E-state index >= 15 is 0 Å². The number of hydrogen-bond donors (Lipinski definition) is 1. The summed E-state index contributed by atoms with van der Waals surface area (Å²) < 4.78 is 27.9. The first-order valence-corrected chi connectivity index (χ1v) is 7.06. The van der Waals surface area contributed by atoms with Gasteiger partial charge in [0.1, 0.15) is 11.5 Å². The van der Waals surface area contributed by atoms with Gasteiger partial charge in [-0.25, -0.2) is 8.78 Å².